The minimum absolute atomic E-state index is 0.599. The van der Waals surface area contributed by atoms with E-state index in [2.05, 4.69) is 29.1 Å². The first-order valence-electron chi connectivity index (χ1n) is 5.56. The van der Waals surface area contributed by atoms with Gasteiger partial charge in [-0.15, -0.1) is 11.3 Å². The molecular weight excluding hydrogens is 244 g/mol. The number of nitrogens with zero attached hydrogens (tertiary/aromatic N) is 3. The molecule has 0 saturated carbocycles. The van der Waals surface area contributed by atoms with Crippen LogP contribution in [0.1, 0.15) is 5.56 Å². The fourth-order valence-electron chi connectivity index (χ4n) is 1.81. The predicted octanol–water partition coefficient (Wildman–Crippen LogP) is 2.89. The summed E-state index contributed by atoms with van der Waals surface area (Å²) in [4.78, 5) is 4.21. The number of hydrogen-bond acceptors (Lipinski definition) is 4. The van der Waals surface area contributed by atoms with Crippen LogP contribution < -0.4 is 5.73 Å². The monoisotopic (exact) mass is 256 g/mol. The molecule has 18 heavy (non-hydrogen) atoms. The molecule has 5 heteroatoms. The van der Waals surface area contributed by atoms with Crippen molar-refractivity contribution in [1.82, 2.24) is 14.8 Å². The smallest absolute Gasteiger partial charge is 0.212 e. The number of benzene rings is 1. The van der Waals surface area contributed by atoms with Crippen LogP contribution in [0.25, 0.3) is 16.4 Å². The highest BCUT2D eigenvalue weighted by Gasteiger charge is 2.10. The average Bonchev–Trinajstić information content (AvgIpc) is 2.97. The molecule has 3 rings (SSSR count). The standard InChI is InChI=1S/C13H12N4S/c1-9-3-2-4-10(7-9)11-8-12(14)17(16-11)13-15-5-6-18-13/h2-8H,14H2,1H3. The molecule has 4 nitrogen and oxygen atoms in total. The molecule has 0 saturated heterocycles. The van der Waals surface area contributed by atoms with Gasteiger partial charge >= 0.3 is 0 Å². The lowest BCUT2D eigenvalue weighted by Crippen LogP contribution is -2.00. The van der Waals surface area contributed by atoms with E-state index in [9.17, 15) is 0 Å². The molecule has 90 valence electrons. The minimum atomic E-state index is 0.599. The first kappa shape index (κ1) is 11.0. The second kappa shape index (κ2) is 4.27. The lowest BCUT2D eigenvalue weighted by Gasteiger charge is -1.98. The highest BCUT2D eigenvalue weighted by atomic mass is 32.1. The van der Waals surface area contributed by atoms with Gasteiger partial charge < -0.3 is 5.73 Å². The second-order valence-corrected chi connectivity index (χ2v) is 4.92. The number of nitrogens with two attached hydrogens (primary N) is 1. The quantitative estimate of drug-likeness (QED) is 0.767. The van der Waals surface area contributed by atoms with Crippen molar-refractivity contribution in [3.05, 3.63) is 47.5 Å². The molecular formula is C13H12N4S. The van der Waals surface area contributed by atoms with Crippen molar-refractivity contribution >= 4 is 17.2 Å². The van der Waals surface area contributed by atoms with Gasteiger partial charge in [0.15, 0.2) is 0 Å². The lowest BCUT2D eigenvalue weighted by atomic mass is 10.1. The first-order chi connectivity index (χ1) is 8.74. The van der Waals surface area contributed by atoms with E-state index in [4.69, 9.17) is 5.73 Å². The van der Waals surface area contributed by atoms with Gasteiger partial charge in [-0.05, 0) is 13.0 Å². The molecule has 0 aliphatic rings. The van der Waals surface area contributed by atoms with Crippen LogP contribution in [0, 0.1) is 6.92 Å². The van der Waals surface area contributed by atoms with Crippen LogP contribution in [0.5, 0.6) is 0 Å². The van der Waals surface area contributed by atoms with E-state index in [-0.39, 0.29) is 0 Å². The normalized spacial score (nSPS) is 10.7. The van der Waals surface area contributed by atoms with Crippen LogP contribution in [0.3, 0.4) is 0 Å². The van der Waals surface area contributed by atoms with E-state index in [1.54, 1.807) is 10.9 Å². The lowest BCUT2D eigenvalue weighted by molar-refractivity contribution is 0.883. The van der Waals surface area contributed by atoms with E-state index in [1.165, 1.54) is 16.9 Å². The average molecular weight is 256 g/mol. The van der Waals surface area contributed by atoms with Crippen LogP contribution in [0.4, 0.5) is 5.82 Å². The Hall–Kier alpha value is -2.14. The molecule has 0 unspecified atom stereocenters. The second-order valence-electron chi connectivity index (χ2n) is 4.05. The third kappa shape index (κ3) is 1.89. The van der Waals surface area contributed by atoms with E-state index < -0.39 is 0 Å². The van der Waals surface area contributed by atoms with Gasteiger partial charge in [0.05, 0.1) is 5.69 Å². The number of aryl methyl sites for hydroxylation is 1. The predicted molar refractivity (Wildman–Crippen MR) is 73.8 cm³/mol. The topological polar surface area (TPSA) is 56.7 Å². The third-order valence-corrected chi connectivity index (χ3v) is 3.40. The van der Waals surface area contributed by atoms with E-state index >= 15 is 0 Å². The fraction of sp³-hybridized carbons (Fsp3) is 0.0769. The van der Waals surface area contributed by atoms with Crippen molar-refractivity contribution < 1.29 is 0 Å². The van der Waals surface area contributed by atoms with Gasteiger partial charge in [0, 0.05) is 23.2 Å². The van der Waals surface area contributed by atoms with Gasteiger partial charge in [-0.3, -0.25) is 0 Å². The zero-order valence-corrected chi connectivity index (χ0v) is 10.7. The van der Waals surface area contributed by atoms with Crippen LogP contribution in [-0.4, -0.2) is 14.8 Å². The molecule has 1 aromatic carbocycles. The molecule has 0 bridgehead atoms. The molecule has 2 N–H and O–H groups in total. The molecule has 0 atom stereocenters. The molecule has 2 heterocycles. The Balaban J connectivity index is 2.08. The minimum Gasteiger partial charge on any atom is -0.383 e. The summed E-state index contributed by atoms with van der Waals surface area (Å²) < 4.78 is 1.67. The maximum Gasteiger partial charge on any atom is 0.212 e. The van der Waals surface area contributed by atoms with Crippen molar-refractivity contribution in [3.63, 3.8) is 0 Å². The highest BCUT2D eigenvalue weighted by Crippen LogP contribution is 2.24. The molecule has 0 fully saturated rings. The largest absolute Gasteiger partial charge is 0.383 e. The molecule has 0 aliphatic heterocycles. The third-order valence-electron chi connectivity index (χ3n) is 2.65. The van der Waals surface area contributed by atoms with Crippen LogP contribution >= 0.6 is 11.3 Å². The van der Waals surface area contributed by atoms with Crippen LogP contribution in [-0.2, 0) is 0 Å². The van der Waals surface area contributed by atoms with Gasteiger partial charge in [-0.1, -0.05) is 23.8 Å². The van der Waals surface area contributed by atoms with Gasteiger partial charge in [0.2, 0.25) is 5.13 Å². The van der Waals surface area contributed by atoms with Crippen molar-refractivity contribution in [2.45, 2.75) is 6.92 Å². The number of anilines is 1. The molecule has 0 radical (unpaired) electrons. The molecule has 2 aromatic heterocycles. The zero-order valence-electron chi connectivity index (χ0n) is 9.87. The van der Waals surface area contributed by atoms with Gasteiger partial charge in [-0.25, -0.2) is 4.98 Å². The summed E-state index contributed by atoms with van der Waals surface area (Å²) in [5.41, 5.74) is 9.11. The summed E-state index contributed by atoms with van der Waals surface area (Å²) in [5.74, 6) is 0.599. The van der Waals surface area contributed by atoms with Crippen molar-refractivity contribution in [1.29, 1.82) is 0 Å². The van der Waals surface area contributed by atoms with Crippen LogP contribution in [0.15, 0.2) is 41.9 Å². The summed E-state index contributed by atoms with van der Waals surface area (Å²) in [7, 11) is 0. The molecule has 0 amide bonds. The highest BCUT2D eigenvalue weighted by molar-refractivity contribution is 7.12. The SMILES string of the molecule is Cc1cccc(-c2cc(N)n(-c3nccs3)n2)c1. The van der Waals surface area contributed by atoms with E-state index in [0.29, 0.717) is 5.82 Å². The molecule has 3 aromatic rings. The van der Waals surface area contributed by atoms with E-state index in [0.717, 1.165) is 16.4 Å². The number of nitrogen functional groups attached to an aromatic ring is 1. The fourth-order valence-corrected chi connectivity index (χ4v) is 2.43. The number of hydrogen-bond donors (Lipinski definition) is 1. The molecule has 0 aliphatic carbocycles. The van der Waals surface area contributed by atoms with Gasteiger partial charge in [-0.2, -0.15) is 9.78 Å². The number of aromatic nitrogens is 3. The maximum absolute atomic E-state index is 5.98. The van der Waals surface area contributed by atoms with Gasteiger partial charge in [0.1, 0.15) is 5.82 Å². The summed E-state index contributed by atoms with van der Waals surface area (Å²) in [5, 5.41) is 7.19. The Morgan fingerprint density at radius 2 is 2.17 bits per heavy atom. The Morgan fingerprint density at radius 3 is 2.89 bits per heavy atom. The Bertz CT molecular complexity index is 670. The maximum atomic E-state index is 5.98. The summed E-state index contributed by atoms with van der Waals surface area (Å²) in [6.07, 6.45) is 1.74. The number of thiazole rings is 1. The van der Waals surface area contributed by atoms with Crippen LogP contribution in [0.2, 0.25) is 0 Å². The van der Waals surface area contributed by atoms with Crippen molar-refractivity contribution in [2.24, 2.45) is 0 Å². The zero-order chi connectivity index (χ0) is 12.5. The summed E-state index contributed by atoms with van der Waals surface area (Å²) in [6, 6.07) is 10.1. The Kier molecular flexibility index (Phi) is 2.60. The summed E-state index contributed by atoms with van der Waals surface area (Å²) in [6.45, 7) is 2.06. The van der Waals surface area contributed by atoms with Gasteiger partial charge in [0.25, 0.3) is 0 Å². The van der Waals surface area contributed by atoms with E-state index in [1.807, 2.05) is 23.6 Å². The Morgan fingerprint density at radius 1 is 1.28 bits per heavy atom. The Labute approximate surface area is 109 Å². The molecule has 0 spiro atoms. The van der Waals surface area contributed by atoms with Crippen molar-refractivity contribution in [2.75, 3.05) is 5.73 Å². The first-order valence-corrected chi connectivity index (χ1v) is 6.44. The summed E-state index contributed by atoms with van der Waals surface area (Å²) >= 11 is 1.51. The van der Waals surface area contributed by atoms with Crippen molar-refractivity contribution in [3.8, 4) is 16.4 Å². The number of rotatable bonds is 2.